The SMILES string of the molecule is CC(C)[C@H](NC(=O)c1cccs1)C(=O)OCC(=O)Nc1cccc([N+](=O)[O-])c1. The van der Waals surface area contributed by atoms with Crippen molar-refractivity contribution in [2.45, 2.75) is 19.9 Å². The molecule has 0 saturated carbocycles. The van der Waals surface area contributed by atoms with Crippen LogP contribution in [0.2, 0.25) is 0 Å². The van der Waals surface area contributed by atoms with Crippen molar-refractivity contribution in [3.8, 4) is 0 Å². The van der Waals surface area contributed by atoms with E-state index in [2.05, 4.69) is 10.6 Å². The Labute approximate surface area is 164 Å². The summed E-state index contributed by atoms with van der Waals surface area (Å²) in [6.07, 6.45) is 0. The zero-order chi connectivity index (χ0) is 20.7. The van der Waals surface area contributed by atoms with Crippen LogP contribution in [-0.2, 0) is 14.3 Å². The van der Waals surface area contributed by atoms with Gasteiger partial charge in [-0.15, -0.1) is 11.3 Å². The molecule has 0 saturated heterocycles. The van der Waals surface area contributed by atoms with E-state index in [1.165, 1.54) is 35.6 Å². The molecule has 0 aliphatic heterocycles. The van der Waals surface area contributed by atoms with Crippen LogP contribution in [0.3, 0.4) is 0 Å². The van der Waals surface area contributed by atoms with Crippen LogP contribution in [0.1, 0.15) is 23.5 Å². The van der Waals surface area contributed by atoms with Crippen molar-refractivity contribution in [1.82, 2.24) is 5.32 Å². The highest BCUT2D eigenvalue weighted by atomic mass is 32.1. The van der Waals surface area contributed by atoms with Crippen LogP contribution < -0.4 is 10.6 Å². The Kier molecular flexibility index (Phi) is 7.21. The number of nitro groups is 1. The van der Waals surface area contributed by atoms with Gasteiger partial charge in [0.05, 0.1) is 9.80 Å². The predicted octanol–water partition coefficient (Wildman–Crippen LogP) is 2.59. The highest BCUT2D eigenvalue weighted by Crippen LogP contribution is 2.17. The molecule has 2 rings (SSSR count). The van der Waals surface area contributed by atoms with Gasteiger partial charge in [0, 0.05) is 17.8 Å². The Morgan fingerprint density at radius 1 is 1.21 bits per heavy atom. The van der Waals surface area contributed by atoms with E-state index in [0.29, 0.717) is 4.88 Å². The fraction of sp³-hybridized carbons (Fsp3) is 0.278. The summed E-state index contributed by atoms with van der Waals surface area (Å²) in [5.74, 6) is -2.04. The van der Waals surface area contributed by atoms with Crippen LogP contribution in [0.25, 0.3) is 0 Å². The molecule has 0 fully saturated rings. The van der Waals surface area contributed by atoms with Gasteiger partial charge >= 0.3 is 5.97 Å². The van der Waals surface area contributed by atoms with Crippen molar-refractivity contribution in [1.29, 1.82) is 0 Å². The first-order chi connectivity index (χ1) is 13.3. The van der Waals surface area contributed by atoms with Gasteiger partial charge in [-0.05, 0) is 23.4 Å². The molecule has 9 nitrogen and oxygen atoms in total. The molecule has 2 aromatic rings. The number of ether oxygens (including phenoxy) is 1. The zero-order valence-electron chi connectivity index (χ0n) is 15.2. The number of benzene rings is 1. The maximum absolute atomic E-state index is 12.3. The molecule has 28 heavy (non-hydrogen) atoms. The summed E-state index contributed by atoms with van der Waals surface area (Å²) in [5.41, 5.74) is 0.0348. The van der Waals surface area contributed by atoms with Crippen LogP contribution in [-0.4, -0.2) is 35.4 Å². The molecule has 0 aliphatic carbocycles. The monoisotopic (exact) mass is 405 g/mol. The van der Waals surface area contributed by atoms with Crippen molar-refractivity contribution in [2.75, 3.05) is 11.9 Å². The van der Waals surface area contributed by atoms with Crippen LogP contribution in [0.4, 0.5) is 11.4 Å². The van der Waals surface area contributed by atoms with Crippen molar-refractivity contribution in [3.05, 3.63) is 56.8 Å². The predicted molar refractivity (Wildman–Crippen MR) is 103 cm³/mol. The third-order valence-electron chi connectivity index (χ3n) is 3.64. The van der Waals surface area contributed by atoms with Gasteiger partial charge in [0.1, 0.15) is 6.04 Å². The summed E-state index contributed by atoms with van der Waals surface area (Å²) in [7, 11) is 0. The first-order valence-corrected chi connectivity index (χ1v) is 9.21. The number of nitrogens with zero attached hydrogens (tertiary/aromatic N) is 1. The number of anilines is 1. The lowest BCUT2D eigenvalue weighted by molar-refractivity contribution is -0.384. The Bertz CT molecular complexity index is 866. The fourth-order valence-corrected chi connectivity index (χ4v) is 2.87. The number of amides is 2. The summed E-state index contributed by atoms with van der Waals surface area (Å²) in [6.45, 7) is 2.90. The van der Waals surface area contributed by atoms with Crippen molar-refractivity contribution in [3.63, 3.8) is 0 Å². The topological polar surface area (TPSA) is 128 Å². The molecule has 1 aromatic heterocycles. The zero-order valence-corrected chi connectivity index (χ0v) is 16.0. The molecule has 0 unspecified atom stereocenters. The van der Waals surface area contributed by atoms with Gasteiger partial charge < -0.3 is 15.4 Å². The first kappa shape index (κ1) is 21.0. The quantitative estimate of drug-likeness (QED) is 0.395. The summed E-state index contributed by atoms with van der Waals surface area (Å²) < 4.78 is 5.00. The lowest BCUT2D eigenvalue weighted by Crippen LogP contribution is -2.45. The van der Waals surface area contributed by atoms with E-state index in [1.54, 1.807) is 31.4 Å². The van der Waals surface area contributed by atoms with E-state index in [4.69, 9.17) is 4.74 Å². The molecule has 1 heterocycles. The average molecular weight is 405 g/mol. The number of rotatable bonds is 8. The van der Waals surface area contributed by atoms with Gasteiger partial charge in [0.25, 0.3) is 17.5 Å². The Hall–Kier alpha value is -3.27. The number of hydrogen-bond acceptors (Lipinski definition) is 7. The normalized spacial score (nSPS) is 11.5. The summed E-state index contributed by atoms with van der Waals surface area (Å²) >= 11 is 1.24. The van der Waals surface area contributed by atoms with Gasteiger partial charge in [-0.1, -0.05) is 26.0 Å². The van der Waals surface area contributed by atoms with Crippen LogP contribution >= 0.6 is 11.3 Å². The number of nitrogens with one attached hydrogen (secondary N) is 2. The number of non-ortho nitro benzene ring substituents is 1. The van der Waals surface area contributed by atoms with Crippen molar-refractivity contribution < 1.29 is 24.0 Å². The van der Waals surface area contributed by atoms with Gasteiger partial charge in [0.15, 0.2) is 6.61 Å². The lowest BCUT2D eigenvalue weighted by Gasteiger charge is -2.20. The second kappa shape index (κ2) is 9.60. The van der Waals surface area contributed by atoms with Gasteiger partial charge in [-0.25, -0.2) is 4.79 Å². The highest BCUT2D eigenvalue weighted by Gasteiger charge is 2.27. The van der Waals surface area contributed by atoms with Crippen LogP contribution in [0, 0.1) is 16.0 Å². The molecule has 0 radical (unpaired) electrons. The molecule has 148 valence electrons. The molecule has 2 N–H and O–H groups in total. The summed E-state index contributed by atoms with van der Waals surface area (Å²) in [6, 6.07) is 7.83. The van der Waals surface area contributed by atoms with Gasteiger partial charge in [-0.3, -0.25) is 19.7 Å². The molecule has 2 amide bonds. The van der Waals surface area contributed by atoms with E-state index >= 15 is 0 Å². The second-order valence-corrected chi connectivity index (χ2v) is 7.08. The number of hydrogen-bond donors (Lipinski definition) is 2. The molecule has 1 aromatic carbocycles. The molecule has 0 aliphatic rings. The first-order valence-electron chi connectivity index (χ1n) is 8.33. The summed E-state index contributed by atoms with van der Waals surface area (Å²) in [5, 5.41) is 17.5. The molecular weight excluding hydrogens is 386 g/mol. The maximum Gasteiger partial charge on any atom is 0.329 e. The minimum Gasteiger partial charge on any atom is -0.454 e. The molecular formula is C18H19N3O6S. The summed E-state index contributed by atoms with van der Waals surface area (Å²) in [4.78, 5) is 47.0. The molecule has 0 bridgehead atoms. The Morgan fingerprint density at radius 3 is 2.57 bits per heavy atom. The number of carbonyl (C=O) groups is 3. The average Bonchev–Trinajstić information content (AvgIpc) is 3.18. The molecule has 0 spiro atoms. The lowest BCUT2D eigenvalue weighted by atomic mass is 10.0. The van der Waals surface area contributed by atoms with Crippen molar-refractivity contribution in [2.24, 2.45) is 5.92 Å². The van der Waals surface area contributed by atoms with E-state index < -0.39 is 35.4 Å². The van der Waals surface area contributed by atoms with E-state index in [1.807, 2.05) is 0 Å². The fourth-order valence-electron chi connectivity index (χ4n) is 2.24. The highest BCUT2D eigenvalue weighted by molar-refractivity contribution is 7.12. The minimum atomic E-state index is -0.916. The third-order valence-corrected chi connectivity index (χ3v) is 4.51. The molecule has 10 heteroatoms. The van der Waals surface area contributed by atoms with E-state index in [9.17, 15) is 24.5 Å². The number of carbonyl (C=O) groups excluding carboxylic acids is 3. The smallest absolute Gasteiger partial charge is 0.329 e. The van der Waals surface area contributed by atoms with E-state index in [0.717, 1.165) is 0 Å². The van der Waals surface area contributed by atoms with Crippen LogP contribution in [0.15, 0.2) is 41.8 Å². The van der Waals surface area contributed by atoms with E-state index in [-0.39, 0.29) is 17.3 Å². The maximum atomic E-state index is 12.3. The Balaban J connectivity index is 1.91. The third kappa shape index (κ3) is 5.88. The minimum absolute atomic E-state index is 0.175. The number of esters is 1. The number of thiophene rings is 1. The Morgan fingerprint density at radius 2 is 1.96 bits per heavy atom. The largest absolute Gasteiger partial charge is 0.454 e. The van der Waals surface area contributed by atoms with Gasteiger partial charge in [0.2, 0.25) is 0 Å². The second-order valence-electron chi connectivity index (χ2n) is 6.14. The number of nitro benzene ring substituents is 1. The standard InChI is InChI=1S/C18H19N3O6S/c1-11(2)16(20-17(23)14-7-4-8-28-14)18(24)27-10-15(22)19-12-5-3-6-13(9-12)21(25)26/h3-9,11,16H,10H2,1-2H3,(H,19,22)(H,20,23)/t16-/m0/s1. The van der Waals surface area contributed by atoms with Gasteiger partial charge in [-0.2, -0.15) is 0 Å². The van der Waals surface area contributed by atoms with Crippen LogP contribution in [0.5, 0.6) is 0 Å². The molecule has 1 atom stereocenters. The van der Waals surface area contributed by atoms with Crippen molar-refractivity contribution >= 4 is 40.5 Å².